The van der Waals surface area contributed by atoms with E-state index in [1.807, 2.05) is 18.2 Å². The number of rotatable bonds is 1. The molecule has 1 aliphatic carbocycles. The normalized spacial score (nSPS) is 16.3. The van der Waals surface area contributed by atoms with Crippen LogP contribution in [0.15, 0.2) is 24.3 Å². The predicted octanol–water partition coefficient (Wildman–Crippen LogP) is 3.86. The second-order valence-electron chi connectivity index (χ2n) is 4.36. The quantitative estimate of drug-likeness (QED) is 0.811. The van der Waals surface area contributed by atoms with E-state index in [1.54, 1.807) is 6.07 Å². The van der Waals surface area contributed by atoms with E-state index in [9.17, 15) is 5.11 Å². The third kappa shape index (κ3) is 1.54. The lowest BCUT2D eigenvalue weighted by Gasteiger charge is -2.25. The first-order valence-electron chi connectivity index (χ1n) is 5.53. The molecule has 0 amide bonds. The fourth-order valence-electron chi connectivity index (χ4n) is 2.13. The summed E-state index contributed by atoms with van der Waals surface area (Å²) < 4.78 is 0. The van der Waals surface area contributed by atoms with Crippen LogP contribution >= 0.6 is 11.6 Å². The maximum absolute atomic E-state index is 9.93. The molecular weight excluding hydrogens is 222 g/mol. The van der Waals surface area contributed by atoms with Crippen LogP contribution in [0, 0.1) is 0 Å². The molecule has 0 bridgehead atoms. The topological polar surface area (TPSA) is 33.1 Å². The van der Waals surface area contributed by atoms with Crippen molar-refractivity contribution in [1.29, 1.82) is 0 Å². The Morgan fingerprint density at radius 3 is 2.75 bits per heavy atom. The van der Waals surface area contributed by atoms with E-state index >= 15 is 0 Å². The number of nitrogens with zero attached hydrogens (tertiary/aromatic N) is 1. The molecule has 0 atom stereocenters. The molecule has 3 heteroatoms. The smallest absolute Gasteiger partial charge is 0.138 e. The minimum atomic E-state index is 0.305. The summed E-state index contributed by atoms with van der Waals surface area (Å²) in [4.78, 5) is 4.53. The van der Waals surface area contributed by atoms with Crippen molar-refractivity contribution in [2.24, 2.45) is 0 Å². The Bertz CT molecular complexity index is 549. The van der Waals surface area contributed by atoms with Crippen molar-refractivity contribution >= 4 is 22.5 Å². The summed E-state index contributed by atoms with van der Waals surface area (Å²) in [5.41, 5.74) is 1.75. The highest BCUT2D eigenvalue weighted by molar-refractivity contribution is 6.31. The molecule has 1 fully saturated rings. The van der Waals surface area contributed by atoms with E-state index in [2.05, 4.69) is 4.98 Å². The van der Waals surface area contributed by atoms with Crippen molar-refractivity contribution in [2.45, 2.75) is 25.2 Å². The lowest BCUT2D eigenvalue weighted by molar-refractivity contribution is 0.385. The van der Waals surface area contributed by atoms with Gasteiger partial charge < -0.3 is 5.11 Å². The van der Waals surface area contributed by atoms with Crippen LogP contribution < -0.4 is 0 Å². The van der Waals surface area contributed by atoms with Gasteiger partial charge in [-0.15, -0.1) is 0 Å². The molecule has 2 aromatic rings. The van der Waals surface area contributed by atoms with Crippen LogP contribution in [0.1, 0.15) is 30.9 Å². The lowest BCUT2D eigenvalue weighted by Crippen LogP contribution is -2.10. The van der Waals surface area contributed by atoms with E-state index < -0.39 is 0 Å². The average molecular weight is 234 g/mol. The van der Waals surface area contributed by atoms with Gasteiger partial charge in [-0.2, -0.15) is 0 Å². The minimum Gasteiger partial charge on any atom is -0.506 e. The van der Waals surface area contributed by atoms with E-state index in [0.717, 1.165) is 29.4 Å². The molecule has 0 spiro atoms. The first-order chi connectivity index (χ1) is 7.74. The van der Waals surface area contributed by atoms with Crippen LogP contribution in [0.4, 0.5) is 0 Å². The van der Waals surface area contributed by atoms with Gasteiger partial charge in [-0.25, -0.2) is 4.98 Å². The summed E-state index contributed by atoms with van der Waals surface area (Å²) in [6.45, 7) is 0. The first kappa shape index (κ1) is 9.91. The molecule has 0 unspecified atom stereocenters. The van der Waals surface area contributed by atoms with Gasteiger partial charge >= 0.3 is 0 Å². The maximum atomic E-state index is 9.93. The second-order valence-corrected chi connectivity index (χ2v) is 4.79. The lowest BCUT2D eigenvalue weighted by atomic mass is 9.82. The van der Waals surface area contributed by atoms with Crippen LogP contribution in [0.2, 0.25) is 5.02 Å². The van der Waals surface area contributed by atoms with Gasteiger partial charge in [0.05, 0.1) is 11.2 Å². The summed E-state index contributed by atoms with van der Waals surface area (Å²) in [7, 11) is 0. The molecule has 0 aliphatic heterocycles. The van der Waals surface area contributed by atoms with Crippen molar-refractivity contribution in [3.8, 4) is 5.75 Å². The van der Waals surface area contributed by atoms with Crippen LogP contribution in [-0.2, 0) is 0 Å². The van der Waals surface area contributed by atoms with Gasteiger partial charge in [-0.05, 0) is 37.1 Å². The third-order valence-corrected chi connectivity index (χ3v) is 3.51. The van der Waals surface area contributed by atoms with Gasteiger partial charge in [0.15, 0.2) is 0 Å². The molecule has 3 rings (SSSR count). The second kappa shape index (κ2) is 3.63. The highest BCUT2D eigenvalue weighted by Crippen LogP contribution is 2.40. The number of pyridine rings is 1. The van der Waals surface area contributed by atoms with Crippen molar-refractivity contribution in [1.82, 2.24) is 4.98 Å². The summed E-state index contributed by atoms with van der Waals surface area (Å²) in [5, 5.41) is 11.5. The molecular formula is C13H12ClNO. The molecule has 1 aromatic heterocycles. The van der Waals surface area contributed by atoms with Gasteiger partial charge in [0.25, 0.3) is 0 Å². The van der Waals surface area contributed by atoms with Crippen molar-refractivity contribution < 1.29 is 5.11 Å². The highest BCUT2D eigenvalue weighted by Gasteiger charge is 2.24. The summed E-state index contributed by atoms with van der Waals surface area (Å²) >= 11 is 5.90. The molecule has 16 heavy (non-hydrogen) atoms. The summed E-state index contributed by atoms with van der Waals surface area (Å²) in [5.74, 6) is 0.750. The summed E-state index contributed by atoms with van der Waals surface area (Å²) in [6, 6.07) is 7.33. The van der Waals surface area contributed by atoms with E-state index in [1.165, 1.54) is 6.42 Å². The van der Waals surface area contributed by atoms with Crippen molar-refractivity contribution in [3.05, 3.63) is 35.0 Å². The van der Waals surface area contributed by atoms with Gasteiger partial charge in [0, 0.05) is 16.3 Å². The van der Waals surface area contributed by atoms with Crippen LogP contribution in [0.5, 0.6) is 5.75 Å². The molecule has 1 heterocycles. The predicted molar refractivity (Wildman–Crippen MR) is 65.0 cm³/mol. The minimum absolute atomic E-state index is 0.305. The molecule has 1 N–H and O–H groups in total. The summed E-state index contributed by atoms with van der Waals surface area (Å²) in [6.07, 6.45) is 3.52. The maximum Gasteiger partial charge on any atom is 0.138 e. The van der Waals surface area contributed by atoms with E-state index in [0.29, 0.717) is 16.7 Å². The monoisotopic (exact) mass is 233 g/mol. The fraction of sp³-hybridized carbons (Fsp3) is 0.308. The zero-order valence-corrected chi connectivity index (χ0v) is 9.54. The Balaban J connectivity index is 2.17. The molecule has 0 saturated heterocycles. The third-order valence-electron chi connectivity index (χ3n) is 3.28. The van der Waals surface area contributed by atoms with E-state index in [-0.39, 0.29) is 0 Å². The van der Waals surface area contributed by atoms with Gasteiger partial charge in [0.1, 0.15) is 5.75 Å². The van der Waals surface area contributed by atoms with E-state index in [4.69, 9.17) is 11.6 Å². The number of fused-ring (bicyclic) bond motifs is 1. The Morgan fingerprint density at radius 1 is 1.25 bits per heavy atom. The van der Waals surface area contributed by atoms with Gasteiger partial charge in [-0.1, -0.05) is 18.0 Å². The average Bonchev–Trinajstić information content (AvgIpc) is 2.16. The van der Waals surface area contributed by atoms with Gasteiger partial charge in [-0.3, -0.25) is 0 Å². The number of halogens is 1. The Hall–Kier alpha value is -1.28. The van der Waals surface area contributed by atoms with Crippen LogP contribution in [-0.4, -0.2) is 10.1 Å². The Labute approximate surface area is 98.9 Å². The zero-order chi connectivity index (χ0) is 11.1. The largest absolute Gasteiger partial charge is 0.506 e. The molecule has 0 radical (unpaired) electrons. The molecule has 82 valence electrons. The number of benzene rings is 1. The van der Waals surface area contributed by atoms with Gasteiger partial charge in [0.2, 0.25) is 0 Å². The first-order valence-corrected chi connectivity index (χ1v) is 5.91. The Morgan fingerprint density at radius 2 is 2.06 bits per heavy atom. The molecule has 1 aromatic carbocycles. The number of aromatic nitrogens is 1. The molecule has 1 aliphatic rings. The van der Waals surface area contributed by atoms with Crippen molar-refractivity contribution in [2.75, 3.05) is 0 Å². The highest BCUT2D eigenvalue weighted by atomic mass is 35.5. The SMILES string of the molecule is Oc1cc2cc(Cl)ccc2nc1C1CCC1. The standard InChI is InChI=1S/C13H12ClNO/c14-10-4-5-11-9(6-10)7-12(16)13(15-11)8-2-1-3-8/h4-8,16H,1-3H2. The Kier molecular flexibility index (Phi) is 2.25. The van der Waals surface area contributed by atoms with Crippen LogP contribution in [0.3, 0.4) is 0 Å². The number of hydrogen-bond donors (Lipinski definition) is 1. The number of aromatic hydroxyl groups is 1. The van der Waals surface area contributed by atoms with Crippen LogP contribution in [0.25, 0.3) is 10.9 Å². The molecule has 1 saturated carbocycles. The molecule has 2 nitrogen and oxygen atoms in total. The van der Waals surface area contributed by atoms with Crippen molar-refractivity contribution in [3.63, 3.8) is 0 Å². The zero-order valence-electron chi connectivity index (χ0n) is 8.78. The number of hydrogen-bond acceptors (Lipinski definition) is 2. The fourth-order valence-corrected chi connectivity index (χ4v) is 2.31.